The third-order valence-electron chi connectivity index (χ3n) is 4.06. The molecule has 1 nitrogen and oxygen atoms in total. The molecule has 110 valence electrons. The summed E-state index contributed by atoms with van der Waals surface area (Å²) in [4.78, 5) is 3.19. The monoisotopic (exact) mass is 289 g/mol. The van der Waals surface area contributed by atoms with Crippen molar-refractivity contribution in [3.63, 3.8) is 0 Å². The molecule has 1 N–H and O–H groups in total. The van der Waals surface area contributed by atoms with Crippen molar-refractivity contribution in [1.29, 1.82) is 0 Å². The van der Waals surface area contributed by atoms with E-state index in [9.17, 15) is 0 Å². The Morgan fingerprint density at radius 1 is 1.35 bits per heavy atom. The lowest BCUT2D eigenvalue weighted by atomic mass is 10.1. The Morgan fingerprint density at radius 3 is 3.00 bits per heavy atom. The Bertz CT molecular complexity index is 417. The number of hydrogen-bond acceptors (Lipinski definition) is 2. The molecule has 0 saturated heterocycles. The first-order valence-corrected chi connectivity index (χ1v) is 8.95. The van der Waals surface area contributed by atoms with E-state index < -0.39 is 0 Å². The molecule has 0 bridgehead atoms. The molecule has 1 aliphatic rings. The van der Waals surface area contributed by atoms with Gasteiger partial charge in [0.05, 0.1) is 0 Å². The molecule has 2 rings (SSSR count). The number of unbranched alkanes of at least 4 members (excludes halogenated alkanes) is 1. The van der Waals surface area contributed by atoms with Gasteiger partial charge in [0, 0.05) is 22.2 Å². The van der Waals surface area contributed by atoms with Crippen LogP contribution in [0.4, 0.5) is 0 Å². The average Bonchev–Trinajstić information content (AvgIpc) is 2.73. The fourth-order valence-electron chi connectivity index (χ4n) is 2.93. The van der Waals surface area contributed by atoms with E-state index in [0.29, 0.717) is 6.04 Å². The normalized spacial score (nSPS) is 16.2. The fourth-order valence-corrected chi connectivity index (χ4v) is 4.30. The van der Waals surface area contributed by atoms with Gasteiger partial charge in [-0.3, -0.25) is 0 Å². The topological polar surface area (TPSA) is 12.0 Å². The SMILES string of the molecule is C#CCCCC(NCCC)c1cc2c(s1)CCCCC2. The summed E-state index contributed by atoms with van der Waals surface area (Å²) in [5.41, 5.74) is 1.63. The van der Waals surface area contributed by atoms with Crippen LogP contribution >= 0.6 is 11.3 Å². The number of thiophene rings is 1. The summed E-state index contributed by atoms with van der Waals surface area (Å²) in [5, 5.41) is 3.71. The Balaban J connectivity index is 2.05. The van der Waals surface area contributed by atoms with Gasteiger partial charge in [0.2, 0.25) is 0 Å². The van der Waals surface area contributed by atoms with Crippen molar-refractivity contribution in [2.45, 2.75) is 70.8 Å². The summed E-state index contributed by atoms with van der Waals surface area (Å²) in [7, 11) is 0. The Hall–Kier alpha value is -0.780. The third kappa shape index (κ3) is 4.36. The van der Waals surface area contributed by atoms with Gasteiger partial charge in [-0.1, -0.05) is 13.3 Å². The molecule has 1 unspecified atom stereocenters. The van der Waals surface area contributed by atoms with E-state index in [2.05, 4.69) is 35.6 Å². The highest BCUT2D eigenvalue weighted by Crippen LogP contribution is 2.34. The van der Waals surface area contributed by atoms with E-state index in [4.69, 9.17) is 6.42 Å². The lowest BCUT2D eigenvalue weighted by Gasteiger charge is -2.16. The number of fused-ring (bicyclic) bond motifs is 1. The molecule has 0 aliphatic heterocycles. The minimum absolute atomic E-state index is 0.514. The second-order valence-electron chi connectivity index (χ2n) is 5.76. The molecule has 1 heterocycles. The van der Waals surface area contributed by atoms with Gasteiger partial charge in [-0.2, -0.15) is 0 Å². The number of nitrogens with one attached hydrogen (secondary N) is 1. The van der Waals surface area contributed by atoms with Crippen LogP contribution in [0, 0.1) is 12.3 Å². The molecule has 0 aromatic carbocycles. The summed E-state index contributed by atoms with van der Waals surface area (Å²) in [6.45, 7) is 3.33. The van der Waals surface area contributed by atoms with Crippen molar-refractivity contribution >= 4 is 11.3 Å². The minimum Gasteiger partial charge on any atom is -0.309 e. The second-order valence-corrected chi connectivity index (χ2v) is 6.93. The summed E-state index contributed by atoms with van der Waals surface area (Å²) >= 11 is 2.05. The van der Waals surface area contributed by atoms with Crippen LogP contribution in [-0.4, -0.2) is 6.54 Å². The highest BCUT2D eigenvalue weighted by Gasteiger charge is 2.17. The summed E-state index contributed by atoms with van der Waals surface area (Å²) in [6.07, 6.45) is 16.5. The number of aryl methyl sites for hydroxylation is 2. The van der Waals surface area contributed by atoms with Gasteiger partial charge in [0.15, 0.2) is 0 Å². The van der Waals surface area contributed by atoms with Gasteiger partial charge in [-0.05, 0) is 63.1 Å². The maximum absolute atomic E-state index is 5.38. The lowest BCUT2D eigenvalue weighted by molar-refractivity contribution is 0.494. The summed E-state index contributed by atoms with van der Waals surface area (Å²) in [5.74, 6) is 2.76. The van der Waals surface area contributed by atoms with E-state index >= 15 is 0 Å². The number of hydrogen-bond donors (Lipinski definition) is 1. The summed E-state index contributed by atoms with van der Waals surface area (Å²) in [6, 6.07) is 2.99. The predicted molar refractivity (Wildman–Crippen MR) is 89.3 cm³/mol. The van der Waals surface area contributed by atoms with E-state index in [1.54, 1.807) is 15.3 Å². The molecule has 2 heteroatoms. The fraction of sp³-hybridized carbons (Fsp3) is 0.667. The molecule has 1 atom stereocenters. The number of rotatable bonds is 7. The van der Waals surface area contributed by atoms with Crippen molar-refractivity contribution in [2.24, 2.45) is 0 Å². The van der Waals surface area contributed by atoms with Crippen LogP contribution < -0.4 is 5.32 Å². The first-order chi connectivity index (χ1) is 9.85. The largest absolute Gasteiger partial charge is 0.309 e. The highest BCUT2D eigenvalue weighted by molar-refractivity contribution is 7.12. The first-order valence-electron chi connectivity index (χ1n) is 8.13. The third-order valence-corrected chi connectivity index (χ3v) is 5.41. The maximum Gasteiger partial charge on any atom is 0.0415 e. The molecule has 1 aromatic heterocycles. The van der Waals surface area contributed by atoms with Gasteiger partial charge in [-0.25, -0.2) is 0 Å². The van der Waals surface area contributed by atoms with Gasteiger partial charge in [-0.15, -0.1) is 23.7 Å². The maximum atomic E-state index is 5.38. The Labute approximate surface area is 128 Å². The average molecular weight is 289 g/mol. The summed E-state index contributed by atoms with van der Waals surface area (Å²) < 4.78 is 0. The van der Waals surface area contributed by atoms with Gasteiger partial charge in [0.1, 0.15) is 0 Å². The molecule has 0 amide bonds. The predicted octanol–water partition coefficient (Wildman–Crippen LogP) is 4.86. The van der Waals surface area contributed by atoms with E-state index in [-0.39, 0.29) is 0 Å². The molecule has 0 saturated carbocycles. The molecular weight excluding hydrogens is 262 g/mol. The zero-order valence-electron chi connectivity index (χ0n) is 12.7. The minimum atomic E-state index is 0.514. The van der Waals surface area contributed by atoms with Gasteiger partial charge in [0.25, 0.3) is 0 Å². The quantitative estimate of drug-likeness (QED) is 0.429. The van der Waals surface area contributed by atoms with Crippen molar-refractivity contribution in [1.82, 2.24) is 5.32 Å². The molecular formula is C18H27NS. The van der Waals surface area contributed by atoms with Crippen LogP contribution in [0.2, 0.25) is 0 Å². The van der Waals surface area contributed by atoms with E-state index in [1.165, 1.54) is 44.9 Å². The van der Waals surface area contributed by atoms with Crippen LogP contribution in [-0.2, 0) is 12.8 Å². The van der Waals surface area contributed by atoms with E-state index in [0.717, 1.165) is 19.4 Å². The van der Waals surface area contributed by atoms with Crippen molar-refractivity contribution in [2.75, 3.05) is 6.54 Å². The van der Waals surface area contributed by atoms with Gasteiger partial charge >= 0.3 is 0 Å². The smallest absolute Gasteiger partial charge is 0.0415 e. The van der Waals surface area contributed by atoms with Crippen molar-refractivity contribution in [3.8, 4) is 12.3 Å². The molecule has 1 aliphatic carbocycles. The van der Waals surface area contributed by atoms with Crippen molar-refractivity contribution < 1.29 is 0 Å². The first kappa shape index (κ1) is 15.6. The second kappa shape index (κ2) is 8.49. The van der Waals surface area contributed by atoms with Crippen LogP contribution in [0.3, 0.4) is 0 Å². The highest BCUT2D eigenvalue weighted by atomic mass is 32.1. The zero-order chi connectivity index (χ0) is 14.2. The van der Waals surface area contributed by atoms with Crippen LogP contribution in [0.25, 0.3) is 0 Å². The van der Waals surface area contributed by atoms with Crippen LogP contribution in [0.5, 0.6) is 0 Å². The molecule has 20 heavy (non-hydrogen) atoms. The number of terminal acetylenes is 1. The van der Waals surface area contributed by atoms with Crippen molar-refractivity contribution in [3.05, 3.63) is 21.4 Å². The van der Waals surface area contributed by atoms with Gasteiger partial charge < -0.3 is 5.32 Å². The molecule has 1 aromatic rings. The Morgan fingerprint density at radius 2 is 2.20 bits per heavy atom. The molecule has 0 radical (unpaired) electrons. The van der Waals surface area contributed by atoms with Crippen LogP contribution in [0.15, 0.2) is 6.07 Å². The lowest BCUT2D eigenvalue weighted by Crippen LogP contribution is -2.21. The van der Waals surface area contributed by atoms with Crippen LogP contribution in [0.1, 0.15) is 73.2 Å². The van der Waals surface area contributed by atoms with E-state index in [1.807, 2.05) is 0 Å². The Kier molecular flexibility index (Phi) is 6.63. The molecule has 0 fully saturated rings. The zero-order valence-corrected chi connectivity index (χ0v) is 13.5. The standard InChI is InChI=1S/C18H27NS/c1-3-5-7-11-16(19-13-4-2)18-14-15-10-8-6-9-12-17(15)20-18/h1,14,16,19H,4-13H2,2H3. The molecule has 0 spiro atoms.